The number of aromatic nitrogens is 1. The van der Waals surface area contributed by atoms with Gasteiger partial charge in [0.2, 0.25) is 5.91 Å². The van der Waals surface area contributed by atoms with Gasteiger partial charge in [0.1, 0.15) is 5.82 Å². The Morgan fingerprint density at radius 2 is 1.68 bits per heavy atom. The first-order valence-electron chi connectivity index (χ1n) is 10.3. The molecule has 9 heteroatoms. The molecule has 164 valence electrons. The number of anilines is 1. The van der Waals surface area contributed by atoms with Gasteiger partial charge in [-0.3, -0.25) is 9.59 Å². The molecule has 3 heterocycles. The van der Waals surface area contributed by atoms with E-state index < -0.39 is 0 Å². The van der Waals surface area contributed by atoms with Gasteiger partial charge < -0.3 is 14.7 Å². The van der Waals surface area contributed by atoms with Gasteiger partial charge in [-0.05, 0) is 43.2 Å². The third-order valence-corrected chi connectivity index (χ3v) is 6.81. The van der Waals surface area contributed by atoms with Crippen LogP contribution in [0.5, 0.6) is 0 Å². The zero-order valence-electron chi connectivity index (χ0n) is 16.9. The third-order valence-electron chi connectivity index (χ3n) is 5.85. The van der Waals surface area contributed by atoms with Gasteiger partial charge >= 0.3 is 0 Å². The van der Waals surface area contributed by atoms with E-state index in [1.165, 1.54) is 0 Å². The second kappa shape index (κ2) is 9.63. The van der Waals surface area contributed by atoms with Gasteiger partial charge in [0.15, 0.2) is 0 Å². The molecule has 0 spiro atoms. The lowest BCUT2D eigenvalue weighted by Gasteiger charge is -2.39. The summed E-state index contributed by atoms with van der Waals surface area (Å²) >= 11 is 17.9. The van der Waals surface area contributed by atoms with Crippen LogP contribution >= 0.6 is 34.8 Å². The van der Waals surface area contributed by atoms with E-state index in [0.717, 1.165) is 31.7 Å². The molecule has 2 amide bonds. The summed E-state index contributed by atoms with van der Waals surface area (Å²) in [5.74, 6) is 0.693. The number of piperazine rings is 1. The van der Waals surface area contributed by atoms with Crippen LogP contribution < -0.4 is 4.90 Å². The molecular weight excluding hydrogens is 459 g/mol. The van der Waals surface area contributed by atoms with E-state index in [2.05, 4.69) is 9.88 Å². The monoisotopic (exact) mass is 480 g/mol. The first-order chi connectivity index (χ1) is 14.9. The molecule has 0 saturated carbocycles. The van der Waals surface area contributed by atoms with Crippen molar-refractivity contribution in [1.82, 2.24) is 14.8 Å². The number of amides is 2. The highest BCUT2D eigenvalue weighted by atomic mass is 35.5. The van der Waals surface area contributed by atoms with Crippen LogP contribution in [0.2, 0.25) is 15.1 Å². The summed E-state index contributed by atoms with van der Waals surface area (Å²) in [5.41, 5.74) is 0.492. The van der Waals surface area contributed by atoms with Crippen molar-refractivity contribution >= 4 is 52.4 Å². The number of carbonyl (C=O) groups is 2. The van der Waals surface area contributed by atoms with Gasteiger partial charge in [-0.1, -0.05) is 34.8 Å². The first-order valence-corrected chi connectivity index (χ1v) is 11.5. The fourth-order valence-corrected chi connectivity index (χ4v) is 4.55. The molecule has 2 aliphatic rings. The van der Waals surface area contributed by atoms with Crippen molar-refractivity contribution in [3.05, 3.63) is 57.2 Å². The molecule has 0 aliphatic carbocycles. The topological polar surface area (TPSA) is 56.8 Å². The number of hydrogen-bond donors (Lipinski definition) is 0. The number of pyridine rings is 1. The van der Waals surface area contributed by atoms with Gasteiger partial charge in [0, 0.05) is 51.0 Å². The number of halogens is 3. The highest BCUT2D eigenvalue weighted by molar-refractivity contribution is 6.42. The van der Waals surface area contributed by atoms with Crippen LogP contribution in [0.3, 0.4) is 0 Å². The Hall–Kier alpha value is -2.02. The standard InChI is InChI=1S/C22H23Cl3N4O2/c23-17-4-6-20(26-13-17)27-8-10-28(11-9-27)22(31)16-2-1-7-29(14-16)21(30)15-3-5-18(24)19(25)12-15/h3-6,12-13,16H,1-2,7-11,14H2. The summed E-state index contributed by atoms with van der Waals surface area (Å²) in [7, 11) is 0. The Balaban J connectivity index is 1.35. The largest absolute Gasteiger partial charge is 0.353 e. The third kappa shape index (κ3) is 5.08. The predicted molar refractivity (Wildman–Crippen MR) is 123 cm³/mol. The molecule has 1 atom stereocenters. The van der Waals surface area contributed by atoms with Crippen LogP contribution in [0, 0.1) is 5.92 Å². The van der Waals surface area contributed by atoms with E-state index in [4.69, 9.17) is 34.8 Å². The molecule has 1 unspecified atom stereocenters. The molecule has 4 rings (SSSR count). The molecule has 2 aromatic rings. The highest BCUT2D eigenvalue weighted by Crippen LogP contribution is 2.26. The zero-order chi connectivity index (χ0) is 22.0. The maximum atomic E-state index is 13.1. The molecule has 2 aliphatic heterocycles. The van der Waals surface area contributed by atoms with Crippen molar-refractivity contribution in [1.29, 1.82) is 0 Å². The first kappa shape index (κ1) is 22.2. The molecule has 0 N–H and O–H groups in total. The minimum absolute atomic E-state index is 0.116. The molecule has 6 nitrogen and oxygen atoms in total. The normalized spacial score (nSPS) is 19.5. The van der Waals surface area contributed by atoms with Gasteiger partial charge in [0.05, 0.1) is 21.0 Å². The summed E-state index contributed by atoms with van der Waals surface area (Å²) in [5, 5.41) is 1.37. The highest BCUT2D eigenvalue weighted by Gasteiger charge is 2.33. The van der Waals surface area contributed by atoms with E-state index in [1.807, 2.05) is 17.0 Å². The second-order valence-corrected chi connectivity index (χ2v) is 9.12. The van der Waals surface area contributed by atoms with Crippen LogP contribution in [0.15, 0.2) is 36.5 Å². The van der Waals surface area contributed by atoms with Crippen molar-refractivity contribution in [2.45, 2.75) is 12.8 Å². The Morgan fingerprint density at radius 3 is 2.35 bits per heavy atom. The number of piperidine rings is 1. The van der Waals surface area contributed by atoms with Crippen LogP contribution in [-0.2, 0) is 4.79 Å². The minimum atomic E-state index is -0.180. The van der Waals surface area contributed by atoms with Crippen molar-refractivity contribution in [3.63, 3.8) is 0 Å². The Bertz CT molecular complexity index is 962. The van der Waals surface area contributed by atoms with E-state index in [1.54, 1.807) is 29.3 Å². The number of likely N-dealkylation sites (tertiary alicyclic amines) is 1. The SMILES string of the molecule is O=C(c1ccc(Cl)c(Cl)c1)N1CCCC(C(=O)N2CCN(c3ccc(Cl)cn3)CC2)C1. The molecule has 2 fully saturated rings. The van der Waals surface area contributed by atoms with E-state index in [-0.39, 0.29) is 17.7 Å². The van der Waals surface area contributed by atoms with E-state index in [9.17, 15) is 9.59 Å². The molecule has 2 saturated heterocycles. The summed E-state index contributed by atoms with van der Waals surface area (Å²) < 4.78 is 0. The fourth-order valence-electron chi connectivity index (χ4n) is 4.14. The summed E-state index contributed by atoms with van der Waals surface area (Å²) in [6, 6.07) is 8.60. The van der Waals surface area contributed by atoms with Gasteiger partial charge in [-0.15, -0.1) is 0 Å². The average Bonchev–Trinajstić information content (AvgIpc) is 2.80. The van der Waals surface area contributed by atoms with Crippen LogP contribution in [0.4, 0.5) is 5.82 Å². The molecule has 31 heavy (non-hydrogen) atoms. The van der Waals surface area contributed by atoms with Crippen molar-refractivity contribution in [2.24, 2.45) is 5.92 Å². The minimum Gasteiger partial charge on any atom is -0.353 e. The molecule has 0 bridgehead atoms. The smallest absolute Gasteiger partial charge is 0.253 e. The second-order valence-electron chi connectivity index (χ2n) is 7.87. The number of nitrogens with zero attached hydrogens (tertiary/aromatic N) is 4. The lowest BCUT2D eigenvalue weighted by atomic mass is 9.95. The van der Waals surface area contributed by atoms with Gasteiger partial charge in [-0.25, -0.2) is 4.98 Å². The van der Waals surface area contributed by atoms with Crippen molar-refractivity contribution in [2.75, 3.05) is 44.2 Å². The number of carbonyl (C=O) groups excluding carboxylic acids is 2. The van der Waals surface area contributed by atoms with Gasteiger partial charge in [-0.2, -0.15) is 0 Å². The van der Waals surface area contributed by atoms with Crippen LogP contribution in [0.1, 0.15) is 23.2 Å². The lowest BCUT2D eigenvalue weighted by Crippen LogP contribution is -2.53. The summed E-state index contributed by atoms with van der Waals surface area (Å²) in [6.45, 7) is 3.79. The van der Waals surface area contributed by atoms with E-state index >= 15 is 0 Å². The zero-order valence-corrected chi connectivity index (χ0v) is 19.2. The van der Waals surface area contributed by atoms with Crippen LogP contribution in [0.25, 0.3) is 0 Å². The lowest BCUT2D eigenvalue weighted by molar-refractivity contribution is -0.137. The maximum absolute atomic E-state index is 13.1. The Kier molecular flexibility index (Phi) is 6.89. The number of rotatable bonds is 3. The van der Waals surface area contributed by atoms with Crippen LogP contribution in [-0.4, -0.2) is 65.9 Å². The Morgan fingerprint density at radius 1 is 0.903 bits per heavy atom. The maximum Gasteiger partial charge on any atom is 0.253 e. The fraction of sp³-hybridized carbons (Fsp3) is 0.409. The summed E-state index contributed by atoms with van der Waals surface area (Å²) in [4.78, 5) is 36.2. The predicted octanol–water partition coefficient (Wildman–Crippen LogP) is 4.24. The molecule has 1 aromatic carbocycles. The Labute approximate surface area is 196 Å². The average molecular weight is 482 g/mol. The van der Waals surface area contributed by atoms with E-state index in [0.29, 0.717) is 46.8 Å². The summed E-state index contributed by atoms with van der Waals surface area (Å²) in [6.07, 6.45) is 3.23. The number of hydrogen-bond acceptors (Lipinski definition) is 4. The molecule has 0 radical (unpaired) electrons. The van der Waals surface area contributed by atoms with Crippen molar-refractivity contribution < 1.29 is 9.59 Å². The quantitative estimate of drug-likeness (QED) is 0.658. The number of benzene rings is 1. The molecule has 1 aromatic heterocycles. The molecular formula is C22H23Cl3N4O2. The van der Waals surface area contributed by atoms with Gasteiger partial charge in [0.25, 0.3) is 5.91 Å². The van der Waals surface area contributed by atoms with Crippen molar-refractivity contribution in [3.8, 4) is 0 Å².